The largest absolute Gasteiger partial charge is 0.395 e. The van der Waals surface area contributed by atoms with E-state index in [9.17, 15) is 8.78 Å². The lowest BCUT2D eigenvalue weighted by atomic mass is 10.1. The number of nitrogens with one attached hydrogen (secondary N) is 1. The summed E-state index contributed by atoms with van der Waals surface area (Å²) >= 11 is 0. The van der Waals surface area contributed by atoms with E-state index < -0.39 is 6.43 Å². The summed E-state index contributed by atoms with van der Waals surface area (Å²) in [5.41, 5.74) is 2.81. The van der Waals surface area contributed by atoms with Crippen molar-refractivity contribution in [2.75, 3.05) is 31.6 Å². The minimum atomic E-state index is -2.42. The Kier molecular flexibility index (Phi) is 6.01. The van der Waals surface area contributed by atoms with Crippen molar-refractivity contribution in [3.05, 3.63) is 29.3 Å². The summed E-state index contributed by atoms with van der Waals surface area (Å²) in [6.45, 7) is 2.29. The van der Waals surface area contributed by atoms with E-state index in [1.165, 1.54) is 4.90 Å². The van der Waals surface area contributed by atoms with Gasteiger partial charge in [0, 0.05) is 18.8 Å². The summed E-state index contributed by atoms with van der Waals surface area (Å²) < 4.78 is 25.1. The highest BCUT2D eigenvalue weighted by Crippen LogP contribution is 2.22. The Labute approximate surface area is 106 Å². The molecule has 18 heavy (non-hydrogen) atoms. The Morgan fingerprint density at radius 2 is 2.11 bits per heavy atom. The molecule has 2 N–H and O–H groups in total. The average Bonchev–Trinajstić information content (AvgIpc) is 2.28. The molecule has 0 saturated heterocycles. The molecule has 1 aromatic carbocycles. The van der Waals surface area contributed by atoms with Crippen molar-refractivity contribution in [2.24, 2.45) is 0 Å². The van der Waals surface area contributed by atoms with Crippen molar-refractivity contribution >= 4 is 5.69 Å². The number of hydrogen-bond donors (Lipinski definition) is 2. The third kappa shape index (κ3) is 4.23. The molecule has 0 fully saturated rings. The van der Waals surface area contributed by atoms with E-state index in [1.807, 2.05) is 32.2 Å². The van der Waals surface area contributed by atoms with Crippen LogP contribution in [0.5, 0.6) is 0 Å². The van der Waals surface area contributed by atoms with Crippen LogP contribution in [0.3, 0.4) is 0 Å². The molecular formula is C13H20F2N2O. The number of aryl methyl sites for hydroxylation is 1. The van der Waals surface area contributed by atoms with Crippen LogP contribution in [0, 0.1) is 6.92 Å². The zero-order valence-electron chi connectivity index (χ0n) is 10.8. The Morgan fingerprint density at radius 1 is 1.39 bits per heavy atom. The molecule has 1 rings (SSSR count). The first-order chi connectivity index (χ1) is 8.58. The lowest BCUT2D eigenvalue weighted by molar-refractivity contribution is 0.152. The number of alkyl halides is 2. The van der Waals surface area contributed by atoms with Crippen LogP contribution in [0.2, 0.25) is 0 Å². The number of hydrogen-bond acceptors (Lipinski definition) is 3. The highest BCUT2D eigenvalue weighted by atomic mass is 19.3. The molecule has 0 saturated carbocycles. The number of aliphatic hydroxyl groups excluding tert-OH is 1. The van der Waals surface area contributed by atoms with E-state index >= 15 is 0 Å². The van der Waals surface area contributed by atoms with Crippen molar-refractivity contribution in [2.45, 2.75) is 19.9 Å². The Bertz CT molecular complexity index is 372. The minimum absolute atomic E-state index is 0.139. The number of rotatable bonds is 7. The molecule has 0 bridgehead atoms. The van der Waals surface area contributed by atoms with Gasteiger partial charge in [0.2, 0.25) is 0 Å². The lowest BCUT2D eigenvalue weighted by Gasteiger charge is -2.26. The fourth-order valence-corrected chi connectivity index (χ4v) is 1.95. The highest BCUT2D eigenvalue weighted by molar-refractivity contribution is 5.55. The lowest BCUT2D eigenvalue weighted by Crippen LogP contribution is -2.32. The normalized spacial score (nSPS) is 11.0. The molecule has 0 aliphatic rings. The molecule has 0 aliphatic carbocycles. The van der Waals surface area contributed by atoms with Gasteiger partial charge in [-0.15, -0.1) is 0 Å². The smallest absolute Gasteiger partial charge is 0.255 e. The molecule has 0 spiro atoms. The zero-order chi connectivity index (χ0) is 13.5. The number of nitrogens with zero attached hydrogens (tertiary/aromatic N) is 1. The monoisotopic (exact) mass is 258 g/mol. The van der Waals surface area contributed by atoms with Crippen molar-refractivity contribution < 1.29 is 13.9 Å². The van der Waals surface area contributed by atoms with E-state index in [2.05, 4.69) is 5.32 Å². The highest BCUT2D eigenvalue weighted by Gasteiger charge is 2.15. The second kappa shape index (κ2) is 7.28. The zero-order valence-corrected chi connectivity index (χ0v) is 10.8. The maximum absolute atomic E-state index is 12.6. The number of benzene rings is 1. The number of anilines is 1. The van der Waals surface area contributed by atoms with Crippen LogP contribution in [0.15, 0.2) is 18.2 Å². The first-order valence-corrected chi connectivity index (χ1v) is 5.96. The van der Waals surface area contributed by atoms with Gasteiger partial charge in [0.1, 0.15) is 0 Å². The topological polar surface area (TPSA) is 35.5 Å². The summed E-state index contributed by atoms with van der Waals surface area (Å²) in [5.74, 6) is 0. The van der Waals surface area contributed by atoms with Gasteiger partial charge in [-0.25, -0.2) is 8.78 Å². The van der Waals surface area contributed by atoms with Crippen LogP contribution in [0.25, 0.3) is 0 Å². The van der Waals surface area contributed by atoms with Gasteiger partial charge < -0.3 is 15.3 Å². The van der Waals surface area contributed by atoms with E-state index in [4.69, 9.17) is 5.11 Å². The first-order valence-electron chi connectivity index (χ1n) is 5.96. The fourth-order valence-electron chi connectivity index (χ4n) is 1.95. The second-order valence-electron chi connectivity index (χ2n) is 4.22. The first kappa shape index (κ1) is 14.9. The van der Waals surface area contributed by atoms with E-state index in [-0.39, 0.29) is 19.7 Å². The van der Waals surface area contributed by atoms with Crippen molar-refractivity contribution in [3.63, 3.8) is 0 Å². The van der Waals surface area contributed by atoms with Crippen LogP contribution < -0.4 is 10.2 Å². The quantitative estimate of drug-likeness (QED) is 0.782. The molecule has 0 atom stereocenters. The molecule has 0 heterocycles. The van der Waals surface area contributed by atoms with E-state index in [0.717, 1.165) is 16.8 Å². The van der Waals surface area contributed by atoms with Gasteiger partial charge in [-0.05, 0) is 25.6 Å². The van der Waals surface area contributed by atoms with Crippen molar-refractivity contribution in [1.29, 1.82) is 0 Å². The minimum Gasteiger partial charge on any atom is -0.395 e. The fraction of sp³-hybridized carbons (Fsp3) is 0.538. The summed E-state index contributed by atoms with van der Waals surface area (Å²) in [6.07, 6.45) is -2.42. The summed E-state index contributed by atoms with van der Waals surface area (Å²) in [4.78, 5) is 1.52. The van der Waals surface area contributed by atoms with E-state index in [0.29, 0.717) is 6.54 Å². The molecule has 0 aliphatic heterocycles. The van der Waals surface area contributed by atoms with Gasteiger partial charge >= 0.3 is 0 Å². The van der Waals surface area contributed by atoms with Gasteiger partial charge in [-0.3, -0.25) is 0 Å². The van der Waals surface area contributed by atoms with Gasteiger partial charge in [-0.2, -0.15) is 0 Å². The molecule has 102 valence electrons. The van der Waals surface area contributed by atoms with Crippen LogP contribution in [-0.4, -0.2) is 38.3 Å². The predicted octanol–water partition coefficient (Wildman–Crippen LogP) is 1.78. The van der Waals surface area contributed by atoms with E-state index in [1.54, 1.807) is 0 Å². The molecule has 3 nitrogen and oxygen atoms in total. The predicted molar refractivity (Wildman–Crippen MR) is 69.2 cm³/mol. The van der Waals surface area contributed by atoms with Gasteiger partial charge in [-0.1, -0.05) is 17.7 Å². The summed E-state index contributed by atoms with van der Waals surface area (Å²) in [5, 5.41) is 12.0. The molecule has 1 aromatic rings. The summed E-state index contributed by atoms with van der Waals surface area (Å²) in [6, 6.07) is 5.70. The van der Waals surface area contributed by atoms with Gasteiger partial charge in [0.25, 0.3) is 6.43 Å². The average molecular weight is 258 g/mol. The van der Waals surface area contributed by atoms with Crippen LogP contribution in [0.1, 0.15) is 11.1 Å². The summed E-state index contributed by atoms with van der Waals surface area (Å²) in [7, 11) is 1.82. The van der Waals surface area contributed by atoms with Crippen molar-refractivity contribution in [1.82, 2.24) is 5.32 Å². The maximum atomic E-state index is 12.6. The van der Waals surface area contributed by atoms with Crippen LogP contribution in [-0.2, 0) is 6.54 Å². The third-order valence-corrected chi connectivity index (χ3v) is 2.67. The van der Waals surface area contributed by atoms with Crippen LogP contribution >= 0.6 is 0 Å². The van der Waals surface area contributed by atoms with Crippen LogP contribution in [0.4, 0.5) is 14.5 Å². The molecule has 0 aromatic heterocycles. The standard InChI is InChI=1S/C13H20F2N2O/c1-10-3-4-12(11(7-10)8-16-2)17(5-6-18)9-13(14)15/h3-4,7,13,16,18H,5-6,8-9H2,1-2H3. The third-order valence-electron chi connectivity index (χ3n) is 2.67. The number of aliphatic hydroxyl groups is 1. The SMILES string of the molecule is CNCc1cc(C)ccc1N(CCO)CC(F)F. The molecule has 5 heteroatoms. The van der Waals surface area contributed by atoms with Crippen molar-refractivity contribution in [3.8, 4) is 0 Å². The Hall–Kier alpha value is -1.20. The molecule has 0 radical (unpaired) electrons. The number of halogens is 2. The Morgan fingerprint density at radius 3 is 2.67 bits per heavy atom. The molecular weight excluding hydrogens is 238 g/mol. The molecule has 0 unspecified atom stereocenters. The molecule has 0 amide bonds. The van der Waals surface area contributed by atoms with Gasteiger partial charge in [0.15, 0.2) is 0 Å². The van der Waals surface area contributed by atoms with Gasteiger partial charge in [0.05, 0.1) is 13.2 Å². The Balaban J connectivity index is 3.01. The second-order valence-corrected chi connectivity index (χ2v) is 4.22. The maximum Gasteiger partial charge on any atom is 0.255 e.